The SMILES string of the molecule is CC1=C2C[C@@](C)(C(=O)O)C[C@H]2C[C@@H](CO)C12CC2. The number of aliphatic carboxylic acids is 1. The largest absolute Gasteiger partial charge is 0.481 e. The Labute approximate surface area is 108 Å². The Bertz CT molecular complexity index is 433. The van der Waals surface area contributed by atoms with Crippen molar-refractivity contribution in [1.82, 2.24) is 0 Å². The standard InChI is InChI=1S/C15H22O3/c1-9-12-7-14(2,13(17)18)6-10(12)5-11(8-16)15(9)3-4-15/h10-11,16H,3-8H2,1-2H3,(H,17,18)/t10-,11+,14+/m1/s1. The number of aliphatic hydroxyl groups is 1. The zero-order valence-electron chi connectivity index (χ0n) is 11.2. The minimum atomic E-state index is -0.664. The number of carboxylic acid groups (broad SMARTS) is 1. The van der Waals surface area contributed by atoms with Gasteiger partial charge in [0.15, 0.2) is 0 Å². The molecule has 3 aliphatic carbocycles. The molecule has 2 saturated carbocycles. The van der Waals surface area contributed by atoms with E-state index >= 15 is 0 Å². The van der Waals surface area contributed by atoms with Crippen LogP contribution in [-0.2, 0) is 4.79 Å². The molecule has 0 aliphatic heterocycles. The highest BCUT2D eigenvalue weighted by molar-refractivity contribution is 5.75. The topological polar surface area (TPSA) is 57.5 Å². The summed E-state index contributed by atoms with van der Waals surface area (Å²) >= 11 is 0. The smallest absolute Gasteiger partial charge is 0.309 e. The zero-order valence-corrected chi connectivity index (χ0v) is 11.2. The van der Waals surface area contributed by atoms with E-state index in [1.807, 2.05) is 6.92 Å². The normalized spacial score (nSPS) is 41.1. The number of fused-ring (bicyclic) bond motifs is 1. The van der Waals surface area contributed by atoms with Crippen LogP contribution < -0.4 is 0 Å². The van der Waals surface area contributed by atoms with E-state index in [0.717, 1.165) is 19.3 Å². The van der Waals surface area contributed by atoms with Crippen molar-refractivity contribution in [2.45, 2.75) is 46.0 Å². The van der Waals surface area contributed by atoms with Gasteiger partial charge in [-0.3, -0.25) is 4.79 Å². The summed E-state index contributed by atoms with van der Waals surface area (Å²) in [4.78, 5) is 11.4. The van der Waals surface area contributed by atoms with Gasteiger partial charge in [0.05, 0.1) is 5.41 Å². The van der Waals surface area contributed by atoms with E-state index in [9.17, 15) is 15.0 Å². The molecule has 0 amide bonds. The van der Waals surface area contributed by atoms with E-state index < -0.39 is 11.4 Å². The van der Waals surface area contributed by atoms with Crippen molar-refractivity contribution in [3.05, 3.63) is 11.1 Å². The average molecular weight is 250 g/mol. The van der Waals surface area contributed by atoms with Gasteiger partial charge in [-0.25, -0.2) is 0 Å². The summed E-state index contributed by atoms with van der Waals surface area (Å²) in [7, 11) is 0. The Morgan fingerprint density at radius 3 is 2.61 bits per heavy atom. The fraction of sp³-hybridized carbons (Fsp3) is 0.800. The Morgan fingerprint density at radius 1 is 1.44 bits per heavy atom. The summed E-state index contributed by atoms with van der Waals surface area (Å²) in [5.74, 6) is 0.0967. The van der Waals surface area contributed by atoms with Crippen molar-refractivity contribution in [3.8, 4) is 0 Å². The number of allylic oxidation sites excluding steroid dienone is 2. The predicted molar refractivity (Wildman–Crippen MR) is 68.0 cm³/mol. The minimum Gasteiger partial charge on any atom is -0.481 e. The fourth-order valence-corrected chi connectivity index (χ4v) is 4.49. The maximum absolute atomic E-state index is 11.4. The van der Waals surface area contributed by atoms with Crippen molar-refractivity contribution in [2.24, 2.45) is 22.7 Å². The van der Waals surface area contributed by atoms with Crippen LogP contribution in [0.1, 0.15) is 46.0 Å². The maximum Gasteiger partial charge on any atom is 0.309 e. The summed E-state index contributed by atoms with van der Waals surface area (Å²) < 4.78 is 0. The van der Waals surface area contributed by atoms with Gasteiger partial charge < -0.3 is 10.2 Å². The third kappa shape index (κ3) is 1.43. The van der Waals surface area contributed by atoms with Gasteiger partial charge in [0.2, 0.25) is 0 Å². The Morgan fingerprint density at radius 2 is 2.11 bits per heavy atom. The molecule has 0 aromatic heterocycles. The summed E-state index contributed by atoms with van der Waals surface area (Å²) in [6.45, 7) is 4.32. The van der Waals surface area contributed by atoms with Crippen LogP contribution in [0.2, 0.25) is 0 Å². The number of hydrogen-bond acceptors (Lipinski definition) is 2. The number of hydrogen-bond donors (Lipinski definition) is 2. The average Bonchev–Trinajstić information content (AvgIpc) is 3.03. The molecule has 3 rings (SSSR count). The van der Waals surface area contributed by atoms with Gasteiger partial charge in [0, 0.05) is 6.61 Å². The van der Waals surface area contributed by atoms with Crippen LogP contribution >= 0.6 is 0 Å². The minimum absolute atomic E-state index is 0.240. The van der Waals surface area contributed by atoms with E-state index in [1.54, 1.807) is 0 Å². The molecule has 3 nitrogen and oxygen atoms in total. The van der Waals surface area contributed by atoms with E-state index in [-0.39, 0.29) is 12.0 Å². The molecule has 18 heavy (non-hydrogen) atoms. The molecule has 0 bridgehead atoms. The van der Waals surface area contributed by atoms with E-state index in [0.29, 0.717) is 11.8 Å². The first-order chi connectivity index (χ1) is 8.43. The van der Waals surface area contributed by atoms with Crippen molar-refractivity contribution in [3.63, 3.8) is 0 Å². The summed E-state index contributed by atoms with van der Waals surface area (Å²) in [6.07, 6.45) is 4.83. The van der Waals surface area contributed by atoms with Crippen LogP contribution in [0.4, 0.5) is 0 Å². The molecule has 3 aliphatic rings. The molecule has 0 unspecified atom stereocenters. The van der Waals surface area contributed by atoms with Crippen LogP contribution in [0.5, 0.6) is 0 Å². The van der Waals surface area contributed by atoms with Gasteiger partial charge in [-0.1, -0.05) is 11.1 Å². The summed E-state index contributed by atoms with van der Waals surface area (Å²) in [5.41, 5.74) is 2.48. The molecule has 2 fully saturated rings. The molecule has 0 saturated heterocycles. The highest BCUT2D eigenvalue weighted by atomic mass is 16.4. The van der Waals surface area contributed by atoms with Crippen molar-refractivity contribution >= 4 is 5.97 Å². The molecule has 3 heteroatoms. The summed E-state index contributed by atoms with van der Waals surface area (Å²) in [5, 5.41) is 19.0. The third-order valence-corrected chi connectivity index (χ3v) is 5.87. The van der Waals surface area contributed by atoms with Crippen LogP contribution in [0, 0.1) is 22.7 Å². The second-order valence-corrected chi connectivity index (χ2v) is 6.87. The zero-order chi connectivity index (χ0) is 13.1. The van der Waals surface area contributed by atoms with E-state index in [4.69, 9.17) is 0 Å². The summed E-state index contributed by atoms with van der Waals surface area (Å²) in [6, 6.07) is 0. The quantitative estimate of drug-likeness (QED) is 0.741. The lowest BCUT2D eigenvalue weighted by atomic mass is 9.69. The Hall–Kier alpha value is -0.830. The highest BCUT2D eigenvalue weighted by Gasteiger charge is 2.57. The maximum atomic E-state index is 11.4. The lowest BCUT2D eigenvalue weighted by Crippen LogP contribution is -2.29. The van der Waals surface area contributed by atoms with E-state index in [2.05, 4.69) is 6.92 Å². The van der Waals surface area contributed by atoms with Crippen LogP contribution in [-0.4, -0.2) is 22.8 Å². The first kappa shape index (κ1) is 12.2. The van der Waals surface area contributed by atoms with Gasteiger partial charge in [0.25, 0.3) is 0 Å². The molecule has 0 radical (unpaired) electrons. The molecular weight excluding hydrogens is 228 g/mol. The van der Waals surface area contributed by atoms with Crippen LogP contribution in [0.15, 0.2) is 11.1 Å². The first-order valence-electron chi connectivity index (χ1n) is 6.97. The molecule has 0 heterocycles. The Kier molecular flexibility index (Phi) is 2.44. The first-order valence-corrected chi connectivity index (χ1v) is 6.97. The predicted octanol–water partition coefficient (Wildman–Crippen LogP) is 2.60. The van der Waals surface area contributed by atoms with Gasteiger partial charge in [-0.15, -0.1) is 0 Å². The molecule has 0 aromatic rings. The van der Waals surface area contributed by atoms with Crippen LogP contribution in [0.25, 0.3) is 0 Å². The monoisotopic (exact) mass is 250 g/mol. The number of carbonyl (C=O) groups is 1. The lowest BCUT2D eigenvalue weighted by Gasteiger charge is -2.36. The van der Waals surface area contributed by atoms with Crippen molar-refractivity contribution in [1.29, 1.82) is 0 Å². The van der Waals surface area contributed by atoms with Gasteiger partial charge >= 0.3 is 5.97 Å². The lowest BCUT2D eigenvalue weighted by molar-refractivity contribution is -0.147. The molecule has 100 valence electrons. The molecule has 1 spiro atoms. The number of carboxylic acids is 1. The van der Waals surface area contributed by atoms with E-state index in [1.165, 1.54) is 24.0 Å². The Balaban J connectivity index is 1.97. The van der Waals surface area contributed by atoms with Crippen LogP contribution in [0.3, 0.4) is 0 Å². The molecule has 2 N–H and O–H groups in total. The fourth-order valence-electron chi connectivity index (χ4n) is 4.49. The molecule has 0 aromatic carbocycles. The van der Waals surface area contributed by atoms with Crippen molar-refractivity contribution in [2.75, 3.05) is 6.61 Å². The van der Waals surface area contributed by atoms with Gasteiger partial charge in [0.1, 0.15) is 0 Å². The second-order valence-electron chi connectivity index (χ2n) is 6.87. The van der Waals surface area contributed by atoms with Gasteiger partial charge in [-0.2, -0.15) is 0 Å². The second kappa shape index (κ2) is 3.60. The number of rotatable bonds is 2. The number of aliphatic hydroxyl groups excluding tert-OH is 1. The highest BCUT2D eigenvalue weighted by Crippen LogP contribution is 2.66. The third-order valence-electron chi connectivity index (χ3n) is 5.87. The van der Waals surface area contributed by atoms with Gasteiger partial charge in [-0.05, 0) is 63.2 Å². The van der Waals surface area contributed by atoms with Crippen molar-refractivity contribution < 1.29 is 15.0 Å². The molecular formula is C15H22O3. The molecule has 3 atom stereocenters.